The van der Waals surface area contributed by atoms with Crippen LogP contribution in [0, 0.1) is 6.92 Å². The fourth-order valence-corrected chi connectivity index (χ4v) is 2.60. The van der Waals surface area contributed by atoms with E-state index in [1.54, 1.807) is 29.3 Å². The van der Waals surface area contributed by atoms with Crippen LogP contribution in [0.4, 0.5) is 0 Å². The van der Waals surface area contributed by atoms with E-state index in [2.05, 4.69) is 15.2 Å². The Hall–Kier alpha value is -2.70. The summed E-state index contributed by atoms with van der Waals surface area (Å²) >= 11 is 0. The van der Waals surface area contributed by atoms with Crippen LogP contribution in [0.5, 0.6) is 11.8 Å². The van der Waals surface area contributed by atoms with Crippen molar-refractivity contribution >= 4 is 5.91 Å². The lowest BCUT2D eigenvalue weighted by molar-refractivity contribution is 0.0766. The Balaban J connectivity index is 1.65. The third-order valence-electron chi connectivity index (χ3n) is 3.78. The van der Waals surface area contributed by atoms with Gasteiger partial charge < -0.3 is 14.4 Å². The zero-order valence-corrected chi connectivity index (χ0v) is 13.8. The van der Waals surface area contributed by atoms with E-state index >= 15 is 0 Å². The number of ether oxygens (including phenoxy) is 2. The van der Waals surface area contributed by atoms with Crippen molar-refractivity contribution in [3.05, 3.63) is 41.7 Å². The fourth-order valence-electron chi connectivity index (χ4n) is 2.60. The highest BCUT2D eigenvalue weighted by molar-refractivity contribution is 5.96. The zero-order chi connectivity index (χ0) is 16.9. The highest BCUT2D eigenvalue weighted by Crippen LogP contribution is 2.22. The van der Waals surface area contributed by atoms with Crippen LogP contribution in [0.1, 0.15) is 29.4 Å². The molecule has 2 aromatic rings. The Morgan fingerprint density at radius 2 is 2.21 bits per heavy atom. The molecule has 24 heavy (non-hydrogen) atoms. The minimum absolute atomic E-state index is 0.0850. The van der Waals surface area contributed by atoms with Crippen LogP contribution < -0.4 is 9.47 Å². The smallest absolute Gasteiger partial charge is 0.259 e. The van der Waals surface area contributed by atoms with Crippen molar-refractivity contribution in [1.29, 1.82) is 0 Å². The summed E-state index contributed by atoms with van der Waals surface area (Å²) in [6, 6.07) is 7.12. The summed E-state index contributed by atoms with van der Waals surface area (Å²) in [5.41, 5.74) is 1.32. The molecule has 1 atom stereocenters. The maximum absolute atomic E-state index is 12.7. The average Bonchev–Trinajstić information content (AvgIpc) is 3.06. The molecule has 7 heteroatoms. The molecule has 0 aromatic carbocycles. The minimum Gasteiger partial charge on any atom is -0.477 e. The van der Waals surface area contributed by atoms with Gasteiger partial charge in [-0.2, -0.15) is 5.10 Å². The molecule has 1 amide bonds. The minimum atomic E-state index is -0.0901. The Morgan fingerprint density at radius 1 is 1.33 bits per heavy atom. The van der Waals surface area contributed by atoms with Gasteiger partial charge in [0.25, 0.3) is 5.91 Å². The summed E-state index contributed by atoms with van der Waals surface area (Å²) in [5, 5.41) is 7.98. The molecule has 1 aliphatic heterocycles. The van der Waals surface area contributed by atoms with E-state index in [1.807, 2.05) is 19.9 Å². The molecule has 7 nitrogen and oxygen atoms in total. The molecular formula is C17H20N4O3. The molecule has 1 saturated heterocycles. The second-order valence-electron chi connectivity index (χ2n) is 5.58. The molecule has 0 spiro atoms. The highest BCUT2D eigenvalue weighted by Gasteiger charge is 2.30. The van der Waals surface area contributed by atoms with E-state index in [0.29, 0.717) is 37.0 Å². The second-order valence-corrected chi connectivity index (χ2v) is 5.58. The van der Waals surface area contributed by atoms with Crippen molar-refractivity contribution in [2.75, 3.05) is 19.7 Å². The molecule has 0 bridgehead atoms. The van der Waals surface area contributed by atoms with Gasteiger partial charge in [0.2, 0.25) is 11.8 Å². The van der Waals surface area contributed by atoms with E-state index in [0.717, 1.165) is 12.1 Å². The van der Waals surface area contributed by atoms with Crippen LogP contribution in [0.3, 0.4) is 0 Å². The number of carbonyl (C=O) groups is 1. The fraction of sp³-hybridized carbons (Fsp3) is 0.412. The molecule has 126 valence electrons. The van der Waals surface area contributed by atoms with Gasteiger partial charge >= 0.3 is 0 Å². The lowest BCUT2D eigenvalue weighted by atomic mass is 10.2. The van der Waals surface area contributed by atoms with Gasteiger partial charge in [-0.05, 0) is 32.0 Å². The summed E-state index contributed by atoms with van der Waals surface area (Å²) in [7, 11) is 0. The first kappa shape index (κ1) is 16.2. The molecule has 0 aliphatic carbocycles. The molecule has 1 fully saturated rings. The predicted octanol–water partition coefficient (Wildman–Crippen LogP) is 1.87. The summed E-state index contributed by atoms with van der Waals surface area (Å²) in [6.45, 7) is 5.34. The number of amides is 1. The SMILES string of the molecule is CCOc1ncccc1C(=O)N1CCC(Oc2ccc(C)nn2)C1. The summed E-state index contributed by atoms with van der Waals surface area (Å²) in [6.07, 6.45) is 2.29. The van der Waals surface area contributed by atoms with E-state index in [-0.39, 0.29) is 12.0 Å². The number of carbonyl (C=O) groups excluding carboxylic acids is 1. The maximum atomic E-state index is 12.7. The first-order valence-corrected chi connectivity index (χ1v) is 8.01. The molecule has 1 unspecified atom stereocenters. The Morgan fingerprint density at radius 3 is 2.96 bits per heavy atom. The van der Waals surface area contributed by atoms with Crippen molar-refractivity contribution in [3.63, 3.8) is 0 Å². The van der Waals surface area contributed by atoms with Crippen LogP contribution in [0.15, 0.2) is 30.5 Å². The van der Waals surface area contributed by atoms with Gasteiger partial charge in [-0.15, -0.1) is 5.10 Å². The number of pyridine rings is 1. The second kappa shape index (κ2) is 7.25. The number of likely N-dealkylation sites (tertiary alicyclic amines) is 1. The number of rotatable bonds is 5. The average molecular weight is 328 g/mol. The monoisotopic (exact) mass is 328 g/mol. The number of hydrogen-bond donors (Lipinski definition) is 0. The lowest BCUT2D eigenvalue weighted by Gasteiger charge is -2.18. The Kier molecular flexibility index (Phi) is 4.88. The van der Waals surface area contributed by atoms with Crippen molar-refractivity contribution in [3.8, 4) is 11.8 Å². The molecule has 0 N–H and O–H groups in total. The standard InChI is InChI=1S/C17H20N4O3/c1-3-23-16-14(5-4-9-18-16)17(22)21-10-8-13(11-21)24-15-7-6-12(2)19-20-15/h4-7,9,13H,3,8,10-11H2,1-2H3. The third kappa shape index (κ3) is 3.61. The Labute approximate surface area is 140 Å². The quantitative estimate of drug-likeness (QED) is 0.834. The van der Waals surface area contributed by atoms with Crippen LogP contribution in [-0.4, -0.2) is 51.8 Å². The van der Waals surface area contributed by atoms with Crippen LogP contribution in [-0.2, 0) is 0 Å². The van der Waals surface area contributed by atoms with Crippen molar-refractivity contribution in [2.45, 2.75) is 26.4 Å². The largest absolute Gasteiger partial charge is 0.477 e. The van der Waals surface area contributed by atoms with Crippen LogP contribution in [0.2, 0.25) is 0 Å². The lowest BCUT2D eigenvalue weighted by Crippen LogP contribution is -2.31. The zero-order valence-electron chi connectivity index (χ0n) is 13.8. The predicted molar refractivity (Wildman–Crippen MR) is 87.1 cm³/mol. The number of aryl methyl sites for hydroxylation is 1. The molecule has 1 aliphatic rings. The highest BCUT2D eigenvalue weighted by atomic mass is 16.5. The summed E-state index contributed by atoms with van der Waals surface area (Å²) in [4.78, 5) is 18.6. The van der Waals surface area contributed by atoms with Gasteiger partial charge in [0.1, 0.15) is 11.7 Å². The first-order chi connectivity index (χ1) is 11.7. The van der Waals surface area contributed by atoms with E-state index in [9.17, 15) is 4.79 Å². The van der Waals surface area contributed by atoms with Gasteiger partial charge in [-0.25, -0.2) is 4.98 Å². The van der Waals surface area contributed by atoms with Gasteiger partial charge in [-0.3, -0.25) is 4.79 Å². The molecular weight excluding hydrogens is 308 g/mol. The molecule has 2 aromatic heterocycles. The van der Waals surface area contributed by atoms with E-state index < -0.39 is 0 Å². The number of hydrogen-bond acceptors (Lipinski definition) is 6. The van der Waals surface area contributed by atoms with Gasteiger partial charge in [0, 0.05) is 25.2 Å². The van der Waals surface area contributed by atoms with Crippen molar-refractivity contribution in [1.82, 2.24) is 20.1 Å². The normalized spacial score (nSPS) is 16.9. The topological polar surface area (TPSA) is 77.4 Å². The van der Waals surface area contributed by atoms with Gasteiger partial charge in [0.05, 0.1) is 18.8 Å². The van der Waals surface area contributed by atoms with E-state index in [1.165, 1.54) is 0 Å². The van der Waals surface area contributed by atoms with Gasteiger partial charge in [0.15, 0.2) is 0 Å². The van der Waals surface area contributed by atoms with Gasteiger partial charge in [-0.1, -0.05) is 0 Å². The van der Waals surface area contributed by atoms with Crippen LogP contribution >= 0.6 is 0 Å². The molecule has 0 radical (unpaired) electrons. The number of nitrogens with zero attached hydrogens (tertiary/aromatic N) is 4. The molecule has 0 saturated carbocycles. The van der Waals surface area contributed by atoms with E-state index in [4.69, 9.17) is 9.47 Å². The first-order valence-electron chi connectivity index (χ1n) is 8.01. The molecule has 3 rings (SSSR count). The Bertz CT molecular complexity index is 705. The summed E-state index contributed by atoms with van der Waals surface area (Å²) in [5.74, 6) is 0.766. The maximum Gasteiger partial charge on any atom is 0.259 e. The summed E-state index contributed by atoms with van der Waals surface area (Å²) < 4.78 is 11.3. The third-order valence-corrected chi connectivity index (χ3v) is 3.78. The van der Waals surface area contributed by atoms with Crippen molar-refractivity contribution < 1.29 is 14.3 Å². The van der Waals surface area contributed by atoms with Crippen molar-refractivity contribution in [2.24, 2.45) is 0 Å². The molecule has 3 heterocycles. The van der Waals surface area contributed by atoms with Crippen LogP contribution in [0.25, 0.3) is 0 Å². The number of aromatic nitrogens is 3.